The minimum absolute atomic E-state index is 0.142. The summed E-state index contributed by atoms with van der Waals surface area (Å²) in [5.41, 5.74) is -1.30. The molecule has 2 aliphatic rings. The Morgan fingerprint density at radius 1 is 1.04 bits per heavy atom. The maximum absolute atomic E-state index is 13.1. The summed E-state index contributed by atoms with van der Waals surface area (Å²) in [6, 6.07) is 9.06. The predicted octanol–water partition coefficient (Wildman–Crippen LogP) is 2.30. The molecule has 2 heterocycles. The van der Waals surface area contributed by atoms with Crippen molar-refractivity contribution in [3.63, 3.8) is 0 Å². The number of amides is 3. The molecule has 25 heavy (non-hydrogen) atoms. The number of hydrogen-bond acceptors (Lipinski definition) is 4. The van der Waals surface area contributed by atoms with Crippen molar-refractivity contribution in [1.29, 1.82) is 0 Å². The number of ether oxygens (including phenoxy) is 1. The molecular weight excluding hydrogens is 318 g/mol. The zero-order valence-electron chi connectivity index (χ0n) is 15.4. The zero-order chi connectivity index (χ0) is 18.3. The van der Waals surface area contributed by atoms with Gasteiger partial charge in [0, 0.05) is 11.1 Å². The third-order valence-corrected chi connectivity index (χ3v) is 4.74. The summed E-state index contributed by atoms with van der Waals surface area (Å²) < 4.78 is 5.64. The van der Waals surface area contributed by atoms with Crippen molar-refractivity contribution in [3.8, 4) is 5.75 Å². The highest BCUT2D eigenvalue weighted by Gasteiger charge is 2.58. The van der Waals surface area contributed by atoms with Crippen LogP contribution in [-0.2, 0) is 4.79 Å². The fourth-order valence-electron chi connectivity index (χ4n) is 4.47. The molecule has 3 rings (SSSR count). The van der Waals surface area contributed by atoms with Crippen LogP contribution >= 0.6 is 0 Å². The molecule has 6 heteroatoms. The van der Waals surface area contributed by atoms with Gasteiger partial charge in [0.2, 0.25) is 0 Å². The van der Waals surface area contributed by atoms with Crippen molar-refractivity contribution in [1.82, 2.24) is 15.5 Å². The number of benzene rings is 1. The second kappa shape index (κ2) is 6.02. The summed E-state index contributed by atoms with van der Waals surface area (Å²) in [5.74, 6) is 0.588. The Kier molecular flexibility index (Phi) is 4.27. The van der Waals surface area contributed by atoms with Crippen LogP contribution in [0.15, 0.2) is 30.3 Å². The molecule has 0 unspecified atom stereocenters. The maximum atomic E-state index is 13.1. The van der Waals surface area contributed by atoms with Crippen molar-refractivity contribution >= 4 is 11.9 Å². The highest BCUT2D eigenvalue weighted by atomic mass is 16.5. The number of hydrogen-bond donors (Lipinski definition) is 2. The first kappa shape index (κ1) is 17.7. The van der Waals surface area contributed by atoms with Gasteiger partial charge in [-0.15, -0.1) is 0 Å². The molecule has 1 spiro atoms. The largest absolute Gasteiger partial charge is 0.492 e. The van der Waals surface area contributed by atoms with Gasteiger partial charge in [-0.3, -0.25) is 9.69 Å². The highest BCUT2D eigenvalue weighted by Crippen LogP contribution is 2.39. The van der Waals surface area contributed by atoms with Gasteiger partial charge in [-0.1, -0.05) is 18.2 Å². The molecule has 1 aromatic carbocycles. The van der Waals surface area contributed by atoms with Gasteiger partial charge in [0.1, 0.15) is 17.9 Å². The van der Waals surface area contributed by atoms with Gasteiger partial charge in [0.25, 0.3) is 5.91 Å². The summed E-state index contributed by atoms with van der Waals surface area (Å²) in [5, 5.41) is 6.52. The molecular formula is C19H27N3O3. The fraction of sp³-hybridized carbons (Fsp3) is 0.579. The Hall–Kier alpha value is -2.08. The molecule has 136 valence electrons. The summed E-state index contributed by atoms with van der Waals surface area (Å²) in [6.07, 6.45) is 1.15. The fourth-order valence-corrected chi connectivity index (χ4v) is 4.47. The number of para-hydroxylation sites is 1. The topological polar surface area (TPSA) is 70.7 Å². The molecule has 2 aliphatic heterocycles. The number of piperidine rings is 1. The monoisotopic (exact) mass is 345 g/mol. The Morgan fingerprint density at radius 3 is 2.24 bits per heavy atom. The third-order valence-electron chi connectivity index (χ3n) is 4.74. The number of carbonyl (C=O) groups excluding carboxylic acids is 2. The molecule has 3 amide bonds. The number of nitrogens with one attached hydrogen (secondary N) is 2. The molecule has 0 atom stereocenters. The lowest BCUT2D eigenvalue weighted by Gasteiger charge is -2.50. The molecule has 2 N–H and O–H groups in total. The van der Waals surface area contributed by atoms with E-state index in [1.807, 2.05) is 30.3 Å². The quantitative estimate of drug-likeness (QED) is 0.822. The number of urea groups is 1. The van der Waals surface area contributed by atoms with Gasteiger partial charge in [-0.25, -0.2) is 4.79 Å². The lowest BCUT2D eigenvalue weighted by Crippen LogP contribution is -2.68. The number of imide groups is 1. The standard InChI is InChI=1S/C19H27N3O3/c1-17(2)12-19(13-18(3,4)21-17)15(23)22(16(24)20-19)10-11-25-14-8-6-5-7-9-14/h5-9,21H,10-13H2,1-4H3,(H,20,24). The second-order valence-corrected chi connectivity index (χ2v) is 8.38. The van der Waals surface area contributed by atoms with Crippen LogP contribution in [-0.4, -0.2) is 46.6 Å². The lowest BCUT2D eigenvalue weighted by atomic mass is 9.71. The van der Waals surface area contributed by atoms with Crippen LogP contribution in [0.25, 0.3) is 0 Å². The van der Waals surface area contributed by atoms with Crippen LogP contribution in [0.3, 0.4) is 0 Å². The van der Waals surface area contributed by atoms with Crippen LogP contribution in [0, 0.1) is 0 Å². The minimum atomic E-state index is -0.831. The van der Waals surface area contributed by atoms with E-state index in [4.69, 9.17) is 4.74 Å². The van der Waals surface area contributed by atoms with E-state index in [9.17, 15) is 9.59 Å². The normalized spacial score (nSPS) is 23.6. The second-order valence-electron chi connectivity index (χ2n) is 8.38. The van der Waals surface area contributed by atoms with Crippen LogP contribution in [0.1, 0.15) is 40.5 Å². The van der Waals surface area contributed by atoms with E-state index < -0.39 is 5.54 Å². The average molecular weight is 345 g/mol. The van der Waals surface area contributed by atoms with Gasteiger partial charge in [0.05, 0.1) is 6.54 Å². The average Bonchev–Trinajstić information content (AvgIpc) is 2.68. The Balaban J connectivity index is 1.69. The number of rotatable bonds is 4. The number of nitrogens with zero attached hydrogens (tertiary/aromatic N) is 1. The zero-order valence-corrected chi connectivity index (χ0v) is 15.4. The van der Waals surface area contributed by atoms with E-state index in [0.29, 0.717) is 12.8 Å². The molecule has 0 saturated carbocycles. The summed E-state index contributed by atoms with van der Waals surface area (Å²) in [6.45, 7) is 8.79. The van der Waals surface area contributed by atoms with E-state index in [1.54, 1.807) is 0 Å². The van der Waals surface area contributed by atoms with Gasteiger partial charge < -0.3 is 15.4 Å². The van der Waals surface area contributed by atoms with Gasteiger partial charge in [-0.05, 0) is 52.7 Å². The van der Waals surface area contributed by atoms with Crippen LogP contribution in [0.4, 0.5) is 4.79 Å². The molecule has 2 fully saturated rings. The van der Waals surface area contributed by atoms with Crippen LogP contribution in [0.2, 0.25) is 0 Å². The van der Waals surface area contributed by atoms with E-state index in [2.05, 4.69) is 38.3 Å². The number of carbonyl (C=O) groups is 2. The third kappa shape index (κ3) is 3.63. The SMILES string of the molecule is CC1(C)CC2(CC(C)(C)N1)NC(=O)N(CCOc1ccccc1)C2=O. The highest BCUT2D eigenvalue weighted by molar-refractivity contribution is 6.07. The van der Waals surface area contributed by atoms with Crippen molar-refractivity contribution in [2.24, 2.45) is 0 Å². The van der Waals surface area contributed by atoms with Crippen LogP contribution in [0.5, 0.6) is 5.75 Å². The minimum Gasteiger partial charge on any atom is -0.492 e. The summed E-state index contributed by atoms with van der Waals surface area (Å²) >= 11 is 0. The Labute approximate surface area is 148 Å². The first-order valence-electron chi connectivity index (χ1n) is 8.74. The molecule has 0 aromatic heterocycles. The first-order chi connectivity index (χ1) is 11.6. The van der Waals surface area contributed by atoms with E-state index in [0.717, 1.165) is 5.75 Å². The van der Waals surface area contributed by atoms with Crippen LogP contribution < -0.4 is 15.4 Å². The van der Waals surface area contributed by atoms with Crippen molar-refractivity contribution in [2.75, 3.05) is 13.2 Å². The molecule has 6 nitrogen and oxygen atoms in total. The smallest absolute Gasteiger partial charge is 0.325 e. The molecule has 0 bridgehead atoms. The molecule has 1 aromatic rings. The molecule has 2 saturated heterocycles. The van der Waals surface area contributed by atoms with Gasteiger partial charge in [0.15, 0.2) is 0 Å². The predicted molar refractivity (Wildman–Crippen MR) is 95.4 cm³/mol. The Bertz CT molecular complexity index is 654. The molecule has 0 aliphatic carbocycles. The lowest BCUT2D eigenvalue weighted by molar-refractivity contribution is -0.134. The van der Waals surface area contributed by atoms with E-state index in [1.165, 1.54) is 4.90 Å². The van der Waals surface area contributed by atoms with Crippen molar-refractivity contribution in [3.05, 3.63) is 30.3 Å². The summed E-state index contributed by atoms with van der Waals surface area (Å²) in [4.78, 5) is 26.8. The van der Waals surface area contributed by atoms with Crippen molar-refractivity contribution < 1.29 is 14.3 Å². The van der Waals surface area contributed by atoms with E-state index in [-0.39, 0.29) is 36.2 Å². The van der Waals surface area contributed by atoms with Crippen molar-refractivity contribution in [2.45, 2.75) is 57.2 Å². The van der Waals surface area contributed by atoms with Gasteiger partial charge >= 0.3 is 6.03 Å². The Morgan fingerprint density at radius 2 is 1.64 bits per heavy atom. The molecule has 0 radical (unpaired) electrons. The summed E-state index contributed by atoms with van der Waals surface area (Å²) in [7, 11) is 0. The first-order valence-corrected chi connectivity index (χ1v) is 8.74. The van der Waals surface area contributed by atoms with E-state index >= 15 is 0 Å². The van der Waals surface area contributed by atoms with Gasteiger partial charge in [-0.2, -0.15) is 0 Å². The maximum Gasteiger partial charge on any atom is 0.325 e.